The molecular formula is C32H36F2N6O3. The van der Waals surface area contributed by atoms with E-state index in [0.717, 1.165) is 11.6 Å². The van der Waals surface area contributed by atoms with Crippen LogP contribution in [-0.2, 0) is 4.79 Å². The fourth-order valence-electron chi connectivity index (χ4n) is 6.04. The fraction of sp³-hybridized carbons (Fsp3) is 0.375. The summed E-state index contributed by atoms with van der Waals surface area (Å²) in [7, 11) is 0. The zero-order valence-corrected chi connectivity index (χ0v) is 25.2. The van der Waals surface area contributed by atoms with Gasteiger partial charge in [0.05, 0.1) is 22.2 Å². The summed E-state index contributed by atoms with van der Waals surface area (Å²) in [5, 5.41) is 14.1. The molecule has 3 atom stereocenters. The summed E-state index contributed by atoms with van der Waals surface area (Å²) in [6.45, 7) is 15.9. The van der Waals surface area contributed by atoms with Crippen molar-refractivity contribution in [3.8, 4) is 17.0 Å². The van der Waals surface area contributed by atoms with E-state index in [1.165, 1.54) is 28.8 Å². The van der Waals surface area contributed by atoms with Crippen LogP contribution < -0.4 is 15.9 Å². The molecule has 9 nitrogen and oxygen atoms in total. The van der Waals surface area contributed by atoms with E-state index in [0.29, 0.717) is 18.8 Å². The molecule has 0 radical (unpaired) electrons. The second kappa shape index (κ2) is 10.9. The zero-order valence-electron chi connectivity index (χ0n) is 25.2. The first-order chi connectivity index (χ1) is 20.3. The van der Waals surface area contributed by atoms with Crippen LogP contribution in [-0.4, -0.2) is 61.2 Å². The number of allylic oxidation sites excluding steroid dienone is 2. The molecule has 0 saturated carbocycles. The molecule has 1 saturated heterocycles. The molecule has 1 aromatic carbocycles. The lowest BCUT2D eigenvalue weighted by Crippen LogP contribution is -2.58. The third-order valence-electron chi connectivity index (χ3n) is 8.71. The normalized spacial score (nSPS) is 22.3. The van der Waals surface area contributed by atoms with Crippen LogP contribution in [0.3, 0.4) is 0 Å². The predicted octanol–water partition coefficient (Wildman–Crippen LogP) is 4.82. The Kier molecular flexibility index (Phi) is 7.62. The smallest absolute Gasteiger partial charge is 0.355 e. The highest BCUT2D eigenvalue weighted by atomic mass is 19.1. The van der Waals surface area contributed by atoms with E-state index in [4.69, 9.17) is 0 Å². The van der Waals surface area contributed by atoms with Crippen molar-refractivity contribution in [2.45, 2.75) is 59.2 Å². The van der Waals surface area contributed by atoms with Crippen molar-refractivity contribution >= 4 is 28.5 Å². The van der Waals surface area contributed by atoms with Crippen LogP contribution in [0.2, 0.25) is 0 Å². The summed E-state index contributed by atoms with van der Waals surface area (Å²) in [6.07, 6.45) is 4.91. The molecule has 226 valence electrons. The number of nitrogens with one attached hydrogen (secondary N) is 1. The number of rotatable bonds is 5. The summed E-state index contributed by atoms with van der Waals surface area (Å²) >= 11 is 0. The Labute approximate surface area is 248 Å². The number of carbonyl (C=O) groups excluding carboxylic acids is 1. The minimum Gasteiger partial charge on any atom is -0.507 e. The average Bonchev–Trinajstić information content (AvgIpc) is 2.94. The lowest BCUT2D eigenvalue weighted by Gasteiger charge is -2.45. The van der Waals surface area contributed by atoms with Crippen LogP contribution >= 0.6 is 0 Å². The molecule has 1 amide bonds. The molecule has 2 aliphatic rings. The first kappa shape index (κ1) is 29.9. The van der Waals surface area contributed by atoms with Gasteiger partial charge in [-0.2, -0.15) is 4.98 Å². The lowest BCUT2D eigenvalue weighted by molar-refractivity contribution is -0.128. The number of benzene rings is 1. The summed E-state index contributed by atoms with van der Waals surface area (Å²) in [6, 6.07) is 4.32. The number of phenols is 1. The number of piperazine rings is 1. The number of hydrogen-bond acceptors (Lipinski definition) is 7. The van der Waals surface area contributed by atoms with E-state index >= 15 is 8.78 Å². The van der Waals surface area contributed by atoms with Gasteiger partial charge in [0.2, 0.25) is 5.91 Å². The van der Waals surface area contributed by atoms with Gasteiger partial charge in [-0.15, -0.1) is 0 Å². The molecule has 0 spiro atoms. The Bertz CT molecular complexity index is 1740. The van der Waals surface area contributed by atoms with Gasteiger partial charge in [-0.25, -0.2) is 23.1 Å². The summed E-state index contributed by atoms with van der Waals surface area (Å²) in [5.74, 6) is -2.23. The van der Waals surface area contributed by atoms with Gasteiger partial charge in [0.15, 0.2) is 11.5 Å². The van der Waals surface area contributed by atoms with E-state index < -0.39 is 39.9 Å². The van der Waals surface area contributed by atoms with Crippen LogP contribution in [0, 0.1) is 17.6 Å². The Balaban J connectivity index is 1.84. The van der Waals surface area contributed by atoms with Crippen LogP contribution in [0.4, 0.5) is 14.6 Å². The van der Waals surface area contributed by atoms with E-state index in [-0.39, 0.29) is 40.8 Å². The van der Waals surface area contributed by atoms with E-state index in [2.05, 4.69) is 21.9 Å². The van der Waals surface area contributed by atoms with Crippen LogP contribution in [0.15, 0.2) is 59.6 Å². The maximum absolute atomic E-state index is 16.0. The average molecular weight is 591 g/mol. The molecule has 43 heavy (non-hydrogen) atoms. The van der Waals surface area contributed by atoms with Crippen molar-refractivity contribution in [3.63, 3.8) is 0 Å². The number of pyridine rings is 1. The number of dihydropyridines is 1. The minimum atomic E-state index is -0.888. The monoisotopic (exact) mass is 590 g/mol. The van der Waals surface area contributed by atoms with Gasteiger partial charge in [0, 0.05) is 25.2 Å². The standard InChI is InChI=1S/C32H36F2N6O3/c1-8-25(42)38-15-20(6)39(16-19(38)5)29-21-14-23(34)27(26-22(33)10-9-11-24(26)41)36-30(21)40(31(43)37-29)28-18(4)12-13-35-32(28,7)17(2)3/h8-14,17,19-20,35,41H,1,15-16H2,2-7H3/t19-,20+,32?/m1/s1. The van der Waals surface area contributed by atoms with Crippen molar-refractivity contribution < 1.29 is 18.7 Å². The molecule has 2 aromatic heterocycles. The van der Waals surface area contributed by atoms with Gasteiger partial charge >= 0.3 is 5.69 Å². The number of fused-ring (bicyclic) bond motifs is 1. The third-order valence-corrected chi connectivity index (χ3v) is 8.71. The van der Waals surface area contributed by atoms with E-state index in [1.807, 2.05) is 58.7 Å². The second-order valence-corrected chi connectivity index (χ2v) is 11.8. The number of hydrogen-bond donors (Lipinski definition) is 2. The third kappa shape index (κ3) is 4.86. The fourth-order valence-corrected chi connectivity index (χ4v) is 6.04. The minimum absolute atomic E-state index is 0.00379. The Morgan fingerprint density at radius 1 is 1.19 bits per heavy atom. The van der Waals surface area contributed by atoms with Crippen molar-refractivity contribution in [1.82, 2.24) is 24.8 Å². The maximum atomic E-state index is 16.0. The van der Waals surface area contributed by atoms with Gasteiger partial charge in [0.1, 0.15) is 23.1 Å². The molecule has 1 unspecified atom stereocenters. The number of carbonyl (C=O) groups is 1. The number of halogens is 2. The predicted molar refractivity (Wildman–Crippen MR) is 163 cm³/mol. The van der Waals surface area contributed by atoms with Gasteiger partial charge in [-0.1, -0.05) is 26.5 Å². The molecule has 2 N–H and O–H groups in total. The molecular weight excluding hydrogens is 554 g/mol. The molecule has 1 fully saturated rings. The summed E-state index contributed by atoms with van der Waals surface area (Å²) in [5.41, 5.74) is -0.813. The summed E-state index contributed by atoms with van der Waals surface area (Å²) < 4.78 is 32.3. The number of phenolic OH excluding ortho intramolecular Hbond substituents is 1. The Morgan fingerprint density at radius 3 is 2.56 bits per heavy atom. The maximum Gasteiger partial charge on any atom is 0.355 e. The molecule has 2 aliphatic heterocycles. The van der Waals surface area contributed by atoms with Crippen molar-refractivity contribution in [3.05, 3.63) is 76.9 Å². The largest absolute Gasteiger partial charge is 0.507 e. The zero-order chi connectivity index (χ0) is 31.4. The van der Waals surface area contributed by atoms with Crippen molar-refractivity contribution in [1.29, 1.82) is 0 Å². The molecule has 0 aliphatic carbocycles. The molecule has 5 rings (SSSR count). The van der Waals surface area contributed by atoms with Crippen molar-refractivity contribution in [2.75, 3.05) is 18.0 Å². The number of aromatic hydroxyl groups is 1. The number of amides is 1. The lowest BCUT2D eigenvalue weighted by atomic mass is 9.81. The van der Waals surface area contributed by atoms with E-state index in [1.54, 1.807) is 4.90 Å². The van der Waals surface area contributed by atoms with Crippen LogP contribution in [0.25, 0.3) is 28.0 Å². The summed E-state index contributed by atoms with van der Waals surface area (Å²) in [4.78, 5) is 39.2. The van der Waals surface area contributed by atoms with E-state index in [9.17, 15) is 14.7 Å². The first-order valence-corrected chi connectivity index (χ1v) is 14.3. The quantitative estimate of drug-likeness (QED) is 0.411. The van der Waals surface area contributed by atoms with Gasteiger partial charge in [0.25, 0.3) is 0 Å². The molecule has 4 heterocycles. The number of nitrogens with zero attached hydrogens (tertiary/aromatic N) is 5. The highest BCUT2D eigenvalue weighted by Gasteiger charge is 2.39. The SMILES string of the molecule is C=CC(=O)N1C[C@H](C)N(c2nc(=O)n(C3=C(C)C=CNC3(C)C(C)C)c3nc(-c4c(O)cccc4F)c(F)cc23)C[C@H]1C. The van der Waals surface area contributed by atoms with Gasteiger partial charge in [-0.3, -0.25) is 4.79 Å². The van der Waals surface area contributed by atoms with Gasteiger partial charge < -0.3 is 20.2 Å². The molecule has 3 aromatic rings. The van der Waals surface area contributed by atoms with Crippen LogP contribution in [0.1, 0.15) is 41.5 Å². The topological polar surface area (TPSA) is 104 Å². The number of anilines is 1. The number of aromatic nitrogens is 3. The molecule has 0 bridgehead atoms. The Hall–Kier alpha value is -4.54. The highest BCUT2D eigenvalue weighted by Crippen LogP contribution is 2.39. The second-order valence-electron chi connectivity index (χ2n) is 11.8. The van der Waals surface area contributed by atoms with Crippen LogP contribution in [0.5, 0.6) is 5.75 Å². The van der Waals surface area contributed by atoms with Crippen molar-refractivity contribution in [2.24, 2.45) is 5.92 Å². The van der Waals surface area contributed by atoms with Gasteiger partial charge in [-0.05, 0) is 75.7 Å². The first-order valence-electron chi connectivity index (χ1n) is 14.3. The Morgan fingerprint density at radius 2 is 1.91 bits per heavy atom. The highest BCUT2D eigenvalue weighted by molar-refractivity contribution is 5.93. The molecule has 11 heteroatoms.